The Morgan fingerprint density at radius 2 is 2.39 bits per heavy atom. The summed E-state index contributed by atoms with van der Waals surface area (Å²) < 4.78 is 5.65. The number of allylic oxidation sites excluding steroid dienone is 1. The molecule has 94 valence electrons. The standard InChI is InChI=1S/C13H12ClNO3/c14-10-3-1-2-9(8-10)12-6-4-11(18-12)5-7-13(16)15-17/h1-5,7-8,12,17H,6H2,(H,15,16)/b7-5+. The van der Waals surface area contributed by atoms with E-state index in [0.29, 0.717) is 10.8 Å². The summed E-state index contributed by atoms with van der Waals surface area (Å²) in [5.41, 5.74) is 2.51. The largest absolute Gasteiger partial charge is 0.486 e. The third-order valence-electron chi connectivity index (χ3n) is 2.54. The Kier molecular flexibility index (Phi) is 4.02. The first-order valence-corrected chi connectivity index (χ1v) is 5.81. The highest BCUT2D eigenvalue weighted by Crippen LogP contribution is 2.32. The highest BCUT2D eigenvalue weighted by Gasteiger charge is 2.18. The lowest BCUT2D eigenvalue weighted by molar-refractivity contribution is -0.124. The van der Waals surface area contributed by atoms with E-state index in [4.69, 9.17) is 21.5 Å². The van der Waals surface area contributed by atoms with Crippen LogP contribution in [0.4, 0.5) is 0 Å². The molecular weight excluding hydrogens is 254 g/mol. The predicted molar refractivity (Wildman–Crippen MR) is 67.0 cm³/mol. The lowest BCUT2D eigenvalue weighted by Crippen LogP contribution is -2.15. The Bertz CT molecular complexity index is 511. The van der Waals surface area contributed by atoms with Gasteiger partial charge in [-0.1, -0.05) is 23.7 Å². The van der Waals surface area contributed by atoms with Crippen molar-refractivity contribution in [2.24, 2.45) is 0 Å². The molecule has 1 amide bonds. The normalized spacial score (nSPS) is 18.6. The summed E-state index contributed by atoms with van der Waals surface area (Å²) in [6, 6.07) is 7.47. The molecule has 0 saturated heterocycles. The minimum Gasteiger partial charge on any atom is -0.486 e. The number of benzene rings is 1. The van der Waals surface area contributed by atoms with Crippen LogP contribution in [0.15, 0.2) is 48.3 Å². The topological polar surface area (TPSA) is 58.6 Å². The quantitative estimate of drug-likeness (QED) is 0.502. The number of ether oxygens (including phenoxy) is 1. The van der Waals surface area contributed by atoms with Crippen LogP contribution in [0.5, 0.6) is 0 Å². The van der Waals surface area contributed by atoms with E-state index < -0.39 is 5.91 Å². The van der Waals surface area contributed by atoms with Gasteiger partial charge in [0.05, 0.1) is 0 Å². The first kappa shape index (κ1) is 12.7. The Labute approximate surface area is 109 Å². The molecular formula is C13H12ClNO3. The smallest absolute Gasteiger partial charge is 0.267 e. The molecule has 1 aromatic carbocycles. The van der Waals surface area contributed by atoms with Gasteiger partial charge in [-0.05, 0) is 29.8 Å². The Hall–Kier alpha value is -1.78. The summed E-state index contributed by atoms with van der Waals surface area (Å²) in [5.74, 6) is 0.00859. The highest BCUT2D eigenvalue weighted by molar-refractivity contribution is 6.30. The average Bonchev–Trinajstić information content (AvgIpc) is 2.84. The lowest BCUT2D eigenvalue weighted by Gasteiger charge is -2.12. The van der Waals surface area contributed by atoms with E-state index in [0.717, 1.165) is 12.0 Å². The van der Waals surface area contributed by atoms with Crippen molar-refractivity contribution in [2.45, 2.75) is 12.5 Å². The van der Waals surface area contributed by atoms with Crippen molar-refractivity contribution in [3.63, 3.8) is 0 Å². The van der Waals surface area contributed by atoms with Crippen LogP contribution in [0.3, 0.4) is 0 Å². The van der Waals surface area contributed by atoms with Crippen LogP contribution < -0.4 is 5.48 Å². The number of carbonyl (C=O) groups excluding carboxylic acids is 1. The van der Waals surface area contributed by atoms with Gasteiger partial charge in [0.2, 0.25) is 0 Å². The van der Waals surface area contributed by atoms with Gasteiger partial charge in [0.15, 0.2) is 0 Å². The second-order valence-electron chi connectivity index (χ2n) is 3.81. The molecule has 1 unspecified atom stereocenters. The molecule has 0 fully saturated rings. The van der Waals surface area contributed by atoms with Crippen molar-refractivity contribution < 1.29 is 14.7 Å². The van der Waals surface area contributed by atoms with Crippen LogP contribution in [0.25, 0.3) is 0 Å². The van der Waals surface area contributed by atoms with Crippen LogP contribution in [-0.2, 0) is 9.53 Å². The van der Waals surface area contributed by atoms with E-state index in [2.05, 4.69) is 0 Å². The summed E-state index contributed by atoms with van der Waals surface area (Å²) in [6.45, 7) is 0. The number of hydroxylamine groups is 1. The summed E-state index contributed by atoms with van der Waals surface area (Å²) in [6.07, 6.45) is 5.23. The monoisotopic (exact) mass is 265 g/mol. The second kappa shape index (κ2) is 5.71. The number of halogens is 1. The molecule has 0 saturated carbocycles. The third-order valence-corrected chi connectivity index (χ3v) is 2.78. The minimum absolute atomic E-state index is 0.0828. The maximum atomic E-state index is 10.8. The molecule has 1 heterocycles. The number of rotatable bonds is 3. The van der Waals surface area contributed by atoms with Crippen molar-refractivity contribution in [1.29, 1.82) is 0 Å². The Balaban J connectivity index is 1.99. The van der Waals surface area contributed by atoms with Gasteiger partial charge >= 0.3 is 0 Å². The Morgan fingerprint density at radius 1 is 1.56 bits per heavy atom. The van der Waals surface area contributed by atoms with Gasteiger partial charge in [0.1, 0.15) is 11.9 Å². The molecule has 1 aliphatic heterocycles. The van der Waals surface area contributed by atoms with Crippen LogP contribution in [0, 0.1) is 0 Å². The Morgan fingerprint density at radius 3 is 3.11 bits per heavy atom. The van der Waals surface area contributed by atoms with Crippen molar-refractivity contribution in [3.05, 3.63) is 58.8 Å². The zero-order valence-electron chi connectivity index (χ0n) is 9.47. The molecule has 2 N–H and O–H groups in total. The fraction of sp³-hybridized carbons (Fsp3) is 0.154. The van der Waals surface area contributed by atoms with E-state index in [1.807, 2.05) is 24.3 Å². The summed E-state index contributed by atoms with van der Waals surface area (Å²) in [5, 5.41) is 9.01. The molecule has 0 bridgehead atoms. The van der Waals surface area contributed by atoms with Gasteiger partial charge in [0.25, 0.3) is 5.91 Å². The average molecular weight is 266 g/mol. The van der Waals surface area contributed by atoms with Gasteiger partial charge in [-0.25, -0.2) is 5.48 Å². The highest BCUT2D eigenvalue weighted by atomic mass is 35.5. The van der Waals surface area contributed by atoms with E-state index in [9.17, 15) is 4.79 Å². The number of hydrogen-bond acceptors (Lipinski definition) is 3. The van der Waals surface area contributed by atoms with Gasteiger partial charge in [-0.2, -0.15) is 0 Å². The van der Waals surface area contributed by atoms with Gasteiger partial charge in [-0.3, -0.25) is 10.0 Å². The lowest BCUT2D eigenvalue weighted by atomic mass is 10.1. The fourth-order valence-corrected chi connectivity index (χ4v) is 1.90. The summed E-state index contributed by atoms with van der Waals surface area (Å²) >= 11 is 5.91. The van der Waals surface area contributed by atoms with Crippen molar-refractivity contribution in [2.75, 3.05) is 0 Å². The molecule has 1 aromatic rings. The molecule has 2 rings (SSSR count). The van der Waals surface area contributed by atoms with Gasteiger partial charge in [-0.15, -0.1) is 0 Å². The van der Waals surface area contributed by atoms with E-state index in [1.54, 1.807) is 6.07 Å². The third kappa shape index (κ3) is 3.12. The molecule has 5 heteroatoms. The molecule has 1 atom stereocenters. The molecule has 18 heavy (non-hydrogen) atoms. The van der Waals surface area contributed by atoms with Crippen LogP contribution in [-0.4, -0.2) is 11.1 Å². The van der Waals surface area contributed by atoms with Crippen LogP contribution in [0.1, 0.15) is 18.1 Å². The zero-order chi connectivity index (χ0) is 13.0. The number of carbonyl (C=O) groups is 1. The first-order valence-electron chi connectivity index (χ1n) is 5.43. The first-order chi connectivity index (χ1) is 8.69. The number of nitrogens with one attached hydrogen (secondary N) is 1. The molecule has 1 aliphatic rings. The summed E-state index contributed by atoms with van der Waals surface area (Å²) in [4.78, 5) is 10.8. The maximum Gasteiger partial charge on any atom is 0.267 e. The maximum absolute atomic E-state index is 10.8. The molecule has 0 aromatic heterocycles. The SMILES string of the molecule is O=C(/C=C/C1=CCC(c2cccc(Cl)c2)O1)NO. The van der Waals surface area contributed by atoms with E-state index in [1.165, 1.54) is 17.6 Å². The second-order valence-corrected chi connectivity index (χ2v) is 4.25. The minimum atomic E-state index is -0.592. The number of hydrogen-bond donors (Lipinski definition) is 2. The molecule has 0 spiro atoms. The van der Waals surface area contributed by atoms with Crippen LogP contribution >= 0.6 is 11.6 Å². The number of amides is 1. The molecule has 4 nitrogen and oxygen atoms in total. The van der Waals surface area contributed by atoms with Crippen molar-refractivity contribution in [1.82, 2.24) is 5.48 Å². The van der Waals surface area contributed by atoms with Crippen molar-refractivity contribution >= 4 is 17.5 Å². The van der Waals surface area contributed by atoms with Crippen molar-refractivity contribution in [3.8, 4) is 0 Å². The van der Waals surface area contributed by atoms with Gasteiger partial charge in [0, 0.05) is 17.5 Å². The van der Waals surface area contributed by atoms with E-state index >= 15 is 0 Å². The van der Waals surface area contributed by atoms with E-state index in [-0.39, 0.29) is 6.10 Å². The van der Waals surface area contributed by atoms with Crippen LogP contribution in [0.2, 0.25) is 5.02 Å². The fourth-order valence-electron chi connectivity index (χ4n) is 1.70. The molecule has 0 radical (unpaired) electrons. The zero-order valence-corrected chi connectivity index (χ0v) is 10.2. The molecule has 0 aliphatic carbocycles. The summed E-state index contributed by atoms with van der Waals surface area (Å²) in [7, 11) is 0. The predicted octanol–water partition coefficient (Wildman–Crippen LogP) is 2.75. The van der Waals surface area contributed by atoms with Gasteiger partial charge < -0.3 is 4.74 Å².